The molecular formula is C13H19ClN2O3. The molecule has 6 heteroatoms. The summed E-state index contributed by atoms with van der Waals surface area (Å²) in [7, 11) is 3.19. The van der Waals surface area contributed by atoms with E-state index in [0.29, 0.717) is 36.9 Å². The van der Waals surface area contributed by atoms with Gasteiger partial charge in [-0.05, 0) is 13.0 Å². The van der Waals surface area contributed by atoms with Crippen LogP contribution in [0, 0.1) is 6.92 Å². The van der Waals surface area contributed by atoms with Gasteiger partial charge in [-0.3, -0.25) is 9.78 Å². The number of hydrogen-bond acceptors (Lipinski definition) is 4. The smallest absolute Gasteiger partial charge is 0.257 e. The number of carbonyl (C=O) groups excluding carboxylic acids is 1. The fraction of sp³-hybridized carbons (Fsp3) is 0.538. The zero-order valence-electron chi connectivity index (χ0n) is 11.5. The van der Waals surface area contributed by atoms with Gasteiger partial charge in [-0.15, -0.1) is 0 Å². The van der Waals surface area contributed by atoms with E-state index in [9.17, 15) is 4.79 Å². The van der Waals surface area contributed by atoms with Gasteiger partial charge in [0.15, 0.2) is 0 Å². The number of aryl methyl sites for hydroxylation is 1. The number of aromatic nitrogens is 1. The SMILES string of the molecule is COCCN(CCOC)C(=O)c1cnc(C)cc1Cl. The first-order valence-corrected chi connectivity index (χ1v) is 6.37. The number of nitrogens with zero attached hydrogens (tertiary/aromatic N) is 2. The number of pyridine rings is 1. The fourth-order valence-electron chi connectivity index (χ4n) is 1.57. The van der Waals surface area contributed by atoms with Crippen molar-refractivity contribution in [1.82, 2.24) is 9.88 Å². The van der Waals surface area contributed by atoms with E-state index in [1.807, 2.05) is 6.92 Å². The normalized spacial score (nSPS) is 10.5. The van der Waals surface area contributed by atoms with Crippen LogP contribution in [0.4, 0.5) is 0 Å². The van der Waals surface area contributed by atoms with Crippen LogP contribution in [0.25, 0.3) is 0 Å². The maximum Gasteiger partial charge on any atom is 0.257 e. The Morgan fingerprint density at radius 1 is 1.32 bits per heavy atom. The van der Waals surface area contributed by atoms with Crippen molar-refractivity contribution in [2.45, 2.75) is 6.92 Å². The molecule has 1 heterocycles. The summed E-state index contributed by atoms with van der Waals surface area (Å²) in [4.78, 5) is 18.1. The van der Waals surface area contributed by atoms with Gasteiger partial charge in [-0.2, -0.15) is 0 Å². The Hall–Kier alpha value is -1.17. The zero-order chi connectivity index (χ0) is 14.3. The van der Waals surface area contributed by atoms with E-state index < -0.39 is 0 Å². The van der Waals surface area contributed by atoms with Crippen molar-refractivity contribution < 1.29 is 14.3 Å². The maximum atomic E-state index is 12.4. The minimum absolute atomic E-state index is 0.161. The van der Waals surface area contributed by atoms with Crippen molar-refractivity contribution in [3.05, 3.63) is 28.5 Å². The van der Waals surface area contributed by atoms with Crippen molar-refractivity contribution in [2.75, 3.05) is 40.5 Å². The largest absolute Gasteiger partial charge is 0.383 e. The molecule has 1 aromatic rings. The lowest BCUT2D eigenvalue weighted by Crippen LogP contribution is -2.36. The Kier molecular flexibility index (Phi) is 6.77. The van der Waals surface area contributed by atoms with Gasteiger partial charge in [-0.25, -0.2) is 0 Å². The molecule has 19 heavy (non-hydrogen) atoms. The zero-order valence-corrected chi connectivity index (χ0v) is 12.2. The minimum atomic E-state index is -0.161. The van der Waals surface area contributed by atoms with E-state index in [4.69, 9.17) is 21.1 Å². The van der Waals surface area contributed by atoms with E-state index in [-0.39, 0.29) is 5.91 Å². The molecule has 0 aliphatic rings. The molecule has 0 aromatic carbocycles. The Bertz CT molecular complexity index is 418. The van der Waals surface area contributed by atoms with Gasteiger partial charge in [0.25, 0.3) is 5.91 Å². The standard InChI is InChI=1S/C13H19ClN2O3/c1-10-8-12(14)11(9-15-10)13(17)16(4-6-18-2)5-7-19-3/h8-9H,4-7H2,1-3H3. The highest BCUT2D eigenvalue weighted by atomic mass is 35.5. The first kappa shape index (κ1) is 15.9. The van der Waals surface area contributed by atoms with E-state index in [0.717, 1.165) is 5.69 Å². The number of carbonyl (C=O) groups is 1. The highest BCUT2D eigenvalue weighted by Gasteiger charge is 2.18. The van der Waals surface area contributed by atoms with Gasteiger partial charge in [0.2, 0.25) is 0 Å². The van der Waals surface area contributed by atoms with Crippen molar-refractivity contribution >= 4 is 17.5 Å². The Morgan fingerprint density at radius 3 is 2.37 bits per heavy atom. The molecule has 0 bridgehead atoms. The van der Waals surface area contributed by atoms with E-state index in [1.54, 1.807) is 25.2 Å². The molecule has 0 atom stereocenters. The number of halogens is 1. The van der Waals surface area contributed by atoms with Crippen LogP contribution in [0.5, 0.6) is 0 Å². The summed E-state index contributed by atoms with van der Waals surface area (Å²) in [6.07, 6.45) is 1.51. The number of hydrogen-bond donors (Lipinski definition) is 0. The molecule has 106 valence electrons. The predicted octanol–water partition coefficient (Wildman–Crippen LogP) is 1.78. The van der Waals surface area contributed by atoms with Crippen molar-refractivity contribution in [1.29, 1.82) is 0 Å². The molecule has 5 nitrogen and oxygen atoms in total. The number of amides is 1. The summed E-state index contributed by atoms with van der Waals surface area (Å²) in [5.74, 6) is -0.161. The van der Waals surface area contributed by atoms with Gasteiger partial charge in [0.05, 0.1) is 23.8 Å². The van der Waals surface area contributed by atoms with Crippen LogP contribution in [-0.2, 0) is 9.47 Å². The van der Waals surface area contributed by atoms with Crippen LogP contribution in [0.1, 0.15) is 16.1 Å². The molecule has 0 N–H and O–H groups in total. The first-order chi connectivity index (χ1) is 9.10. The third kappa shape index (κ3) is 4.78. The Morgan fingerprint density at radius 2 is 1.89 bits per heavy atom. The second-order valence-electron chi connectivity index (χ2n) is 4.08. The monoisotopic (exact) mass is 286 g/mol. The van der Waals surface area contributed by atoms with Crippen LogP contribution >= 0.6 is 11.6 Å². The highest BCUT2D eigenvalue weighted by molar-refractivity contribution is 6.33. The van der Waals surface area contributed by atoms with Gasteiger partial charge < -0.3 is 14.4 Å². The maximum absolute atomic E-state index is 12.4. The molecule has 0 radical (unpaired) electrons. The average Bonchev–Trinajstić information content (AvgIpc) is 2.38. The topological polar surface area (TPSA) is 51.7 Å². The van der Waals surface area contributed by atoms with Gasteiger partial charge in [-0.1, -0.05) is 11.6 Å². The lowest BCUT2D eigenvalue weighted by atomic mass is 10.2. The number of methoxy groups -OCH3 is 2. The van der Waals surface area contributed by atoms with Crippen LogP contribution in [0.15, 0.2) is 12.3 Å². The van der Waals surface area contributed by atoms with Gasteiger partial charge in [0.1, 0.15) is 0 Å². The van der Waals surface area contributed by atoms with E-state index in [2.05, 4.69) is 4.98 Å². The summed E-state index contributed by atoms with van der Waals surface area (Å²) in [5, 5.41) is 0.414. The second kappa shape index (κ2) is 8.09. The molecule has 0 aliphatic heterocycles. The van der Waals surface area contributed by atoms with Crippen LogP contribution in [0.2, 0.25) is 5.02 Å². The third-order valence-electron chi connectivity index (χ3n) is 2.64. The molecule has 0 fully saturated rings. The predicted molar refractivity (Wildman–Crippen MR) is 73.6 cm³/mol. The molecule has 1 aromatic heterocycles. The van der Waals surface area contributed by atoms with E-state index in [1.165, 1.54) is 6.20 Å². The van der Waals surface area contributed by atoms with Gasteiger partial charge in [0, 0.05) is 39.2 Å². The summed E-state index contributed by atoms with van der Waals surface area (Å²) in [5.41, 5.74) is 1.18. The molecule has 0 saturated heterocycles. The Labute approximate surface area is 118 Å². The third-order valence-corrected chi connectivity index (χ3v) is 2.95. The molecule has 0 aliphatic carbocycles. The van der Waals surface area contributed by atoms with Crippen molar-refractivity contribution in [3.63, 3.8) is 0 Å². The van der Waals surface area contributed by atoms with Crippen LogP contribution in [0.3, 0.4) is 0 Å². The summed E-state index contributed by atoms with van der Waals surface area (Å²) >= 11 is 6.09. The van der Waals surface area contributed by atoms with Crippen LogP contribution in [-0.4, -0.2) is 56.3 Å². The highest BCUT2D eigenvalue weighted by Crippen LogP contribution is 2.17. The Balaban J connectivity index is 2.84. The molecule has 0 saturated carbocycles. The lowest BCUT2D eigenvalue weighted by Gasteiger charge is -2.22. The second-order valence-corrected chi connectivity index (χ2v) is 4.49. The summed E-state index contributed by atoms with van der Waals surface area (Å²) < 4.78 is 10.0. The lowest BCUT2D eigenvalue weighted by molar-refractivity contribution is 0.0627. The molecule has 1 rings (SSSR count). The number of ether oxygens (including phenoxy) is 2. The quantitative estimate of drug-likeness (QED) is 0.767. The minimum Gasteiger partial charge on any atom is -0.383 e. The number of rotatable bonds is 7. The van der Waals surface area contributed by atoms with E-state index >= 15 is 0 Å². The molecule has 1 amide bonds. The van der Waals surface area contributed by atoms with Crippen molar-refractivity contribution in [3.8, 4) is 0 Å². The van der Waals surface area contributed by atoms with Crippen molar-refractivity contribution in [2.24, 2.45) is 0 Å². The molecule has 0 unspecified atom stereocenters. The summed E-state index contributed by atoms with van der Waals surface area (Å²) in [6, 6.07) is 1.68. The molecular weight excluding hydrogens is 268 g/mol. The molecule has 0 spiro atoms. The van der Waals surface area contributed by atoms with Gasteiger partial charge >= 0.3 is 0 Å². The fourth-order valence-corrected chi connectivity index (χ4v) is 1.86. The first-order valence-electron chi connectivity index (χ1n) is 5.99. The summed E-state index contributed by atoms with van der Waals surface area (Å²) in [6.45, 7) is 3.73. The van der Waals surface area contributed by atoms with Crippen LogP contribution < -0.4 is 0 Å². The average molecular weight is 287 g/mol.